The van der Waals surface area contributed by atoms with Gasteiger partial charge in [-0.3, -0.25) is 0 Å². The Balaban J connectivity index is 2.48. The molecule has 0 radical (unpaired) electrons. The predicted octanol–water partition coefficient (Wildman–Crippen LogP) is 3.51. The van der Waals surface area contributed by atoms with Crippen LogP contribution in [0.15, 0.2) is 27.6 Å². The van der Waals surface area contributed by atoms with Gasteiger partial charge in [-0.15, -0.1) is 0 Å². The van der Waals surface area contributed by atoms with E-state index in [2.05, 4.69) is 29.8 Å². The lowest BCUT2D eigenvalue weighted by Crippen LogP contribution is -2.48. The van der Waals surface area contributed by atoms with Crippen LogP contribution in [-0.4, -0.2) is 32.4 Å². The van der Waals surface area contributed by atoms with Crippen molar-refractivity contribution in [2.75, 3.05) is 13.7 Å². The second-order valence-corrected chi connectivity index (χ2v) is 8.70. The Kier molecular flexibility index (Phi) is 5.00. The van der Waals surface area contributed by atoms with Crippen molar-refractivity contribution >= 4 is 26.0 Å². The molecule has 0 aliphatic carbocycles. The van der Waals surface area contributed by atoms with Crippen molar-refractivity contribution in [2.24, 2.45) is 11.8 Å². The van der Waals surface area contributed by atoms with Gasteiger partial charge in [0, 0.05) is 17.1 Å². The zero-order valence-electron chi connectivity index (χ0n) is 12.8. The van der Waals surface area contributed by atoms with Gasteiger partial charge in [0.25, 0.3) is 0 Å². The number of hydrogen-bond donors (Lipinski definition) is 0. The average Bonchev–Trinajstić information content (AvgIpc) is 2.42. The summed E-state index contributed by atoms with van der Waals surface area (Å²) in [5, 5.41) is 0. The first-order valence-corrected chi connectivity index (χ1v) is 9.36. The first-order chi connectivity index (χ1) is 9.77. The van der Waals surface area contributed by atoms with E-state index < -0.39 is 10.0 Å². The summed E-state index contributed by atoms with van der Waals surface area (Å²) in [6, 6.07) is 5.07. The predicted molar refractivity (Wildman–Crippen MR) is 87.0 cm³/mol. The highest BCUT2D eigenvalue weighted by Gasteiger charge is 2.38. The molecule has 1 saturated heterocycles. The third-order valence-corrected chi connectivity index (χ3v) is 6.72. The fraction of sp³-hybridized carbons (Fsp3) is 0.600. The molecule has 1 aliphatic heterocycles. The third-order valence-electron chi connectivity index (χ3n) is 4.26. The first kappa shape index (κ1) is 16.8. The molecular weight excluding hydrogens is 354 g/mol. The van der Waals surface area contributed by atoms with Crippen molar-refractivity contribution in [3.63, 3.8) is 0 Å². The van der Waals surface area contributed by atoms with Crippen LogP contribution >= 0.6 is 15.9 Å². The lowest BCUT2D eigenvalue weighted by molar-refractivity contribution is 0.157. The number of methoxy groups -OCH3 is 1. The summed E-state index contributed by atoms with van der Waals surface area (Å²) in [5.74, 6) is 1.10. The van der Waals surface area contributed by atoms with E-state index in [0.717, 1.165) is 10.9 Å². The van der Waals surface area contributed by atoms with Gasteiger partial charge in [-0.1, -0.05) is 29.8 Å². The molecule has 1 heterocycles. The van der Waals surface area contributed by atoms with Crippen molar-refractivity contribution in [1.29, 1.82) is 0 Å². The molecule has 0 spiro atoms. The Labute approximate surface area is 135 Å². The SMILES string of the molecule is COc1ccc(Br)cc1S(=O)(=O)N1CC(C)CC(C)C1C. The number of halogens is 1. The van der Waals surface area contributed by atoms with Gasteiger partial charge in [0.1, 0.15) is 10.6 Å². The van der Waals surface area contributed by atoms with Crippen molar-refractivity contribution in [2.45, 2.75) is 38.1 Å². The van der Waals surface area contributed by atoms with Crippen molar-refractivity contribution in [3.8, 4) is 5.75 Å². The summed E-state index contributed by atoms with van der Waals surface area (Å²) in [5.41, 5.74) is 0. The first-order valence-electron chi connectivity index (χ1n) is 7.12. The number of ether oxygens (including phenoxy) is 1. The molecule has 4 nitrogen and oxygen atoms in total. The van der Waals surface area contributed by atoms with Crippen LogP contribution < -0.4 is 4.74 Å². The van der Waals surface area contributed by atoms with Crippen molar-refractivity contribution in [1.82, 2.24) is 4.31 Å². The fourth-order valence-electron chi connectivity index (χ4n) is 2.96. The standard InChI is InChI=1S/C15H22BrNO3S/c1-10-7-11(2)12(3)17(9-10)21(18,19)15-8-13(16)5-6-14(15)20-4/h5-6,8,10-12H,7,9H2,1-4H3. The minimum atomic E-state index is -3.56. The lowest BCUT2D eigenvalue weighted by Gasteiger charge is -2.40. The Morgan fingerprint density at radius 3 is 2.57 bits per heavy atom. The molecular formula is C15H22BrNO3S. The van der Waals surface area contributed by atoms with Gasteiger partial charge in [-0.25, -0.2) is 8.42 Å². The second-order valence-electron chi connectivity index (χ2n) is 5.93. The van der Waals surface area contributed by atoms with Crippen LogP contribution in [0, 0.1) is 11.8 Å². The molecule has 1 aromatic carbocycles. The minimum absolute atomic E-state index is 0.00473. The summed E-state index contributed by atoms with van der Waals surface area (Å²) >= 11 is 3.34. The van der Waals surface area contributed by atoms with Gasteiger partial charge in [0.15, 0.2) is 0 Å². The van der Waals surface area contributed by atoms with E-state index in [-0.39, 0.29) is 10.9 Å². The van der Waals surface area contributed by atoms with Crippen LogP contribution in [0.2, 0.25) is 0 Å². The van der Waals surface area contributed by atoms with Crippen LogP contribution in [0.4, 0.5) is 0 Å². The average molecular weight is 376 g/mol. The summed E-state index contributed by atoms with van der Waals surface area (Å²) in [6.07, 6.45) is 1.06. The molecule has 1 aliphatic rings. The fourth-order valence-corrected chi connectivity index (χ4v) is 5.50. The maximum atomic E-state index is 13.0. The summed E-state index contributed by atoms with van der Waals surface area (Å²) in [4.78, 5) is 0.229. The van der Waals surface area contributed by atoms with E-state index in [1.54, 1.807) is 22.5 Å². The Morgan fingerprint density at radius 1 is 1.29 bits per heavy atom. The second kappa shape index (κ2) is 6.26. The Morgan fingerprint density at radius 2 is 1.95 bits per heavy atom. The molecule has 0 saturated carbocycles. The molecule has 21 heavy (non-hydrogen) atoms. The summed E-state index contributed by atoms with van der Waals surface area (Å²) < 4.78 is 33.7. The number of piperidine rings is 1. The normalized spacial score (nSPS) is 27.6. The molecule has 1 fully saturated rings. The van der Waals surface area contributed by atoms with Crippen LogP contribution in [0.3, 0.4) is 0 Å². The maximum Gasteiger partial charge on any atom is 0.247 e. The molecule has 6 heteroatoms. The van der Waals surface area contributed by atoms with E-state index >= 15 is 0 Å². The highest BCUT2D eigenvalue weighted by atomic mass is 79.9. The van der Waals surface area contributed by atoms with Crippen LogP contribution in [-0.2, 0) is 10.0 Å². The van der Waals surface area contributed by atoms with E-state index in [1.165, 1.54) is 7.11 Å². The quantitative estimate of drug-likeness (QED) is 0.811. The molecule has 3 atom stereocenters. The monoisotopic (exact) mass is 375 g/mol. The number of hydrogen-bond acceptors (Lipinski definition) is 3. The number of nitrogens with zero attached hydrogens (tertiary/aromatic N) is 1. The van der Waals surface area contributed by atoms with Gasteiger partial charge in [0.2, 0.25) is 10.0 Å². The molecule has 1 aromatic rings. The van der Waals surface area contributed by atoms with Crippen LogP contribution in [0.25, 0.3) is 0 Å². The summed E-state index contributed by atoms with van der Waals surface area (Å²) in [6.45, 7) is 6.76. The van der Waals surface area contributed by atoms with E-state index in [1.807, 2.05) is 6.92 Å². The van der Waals surface area contributed by atoms with Gasteiger partial charge < -0.3 is 4.74 Å². The molecule has 2 rings (SSSR count). The minimum Gasteiger partial charge on any atom is -0.495 e. The van der Waals surface area contributed by atoms with Crippen molar-refractivity contribution in [3.05, 3.63) is 22.7 Å². The molecule has 0 N–H and O–H groups in total. The highest BCUT2D eigenvalue weighted by molar-refractivity contribution is 9.10. The van der Waals surface area contributed by atoms with Crippen LogP contribution in [0.1, 0.15) is 27.2 Å². The largest absolute Gasteiger partial charge is 0.495 e. The molecule has 118 valence electrons. The zero-order valence-corrected chi connectivity index (χ0v) is 15.2. The topological polar surface area (TPSA) is 46.6 Å². The molecule has 0 bridgehead atoms. The molecule has 0 amide bonds. The zero-order chi connectivity index (χ0) is 15.8. The van der Waals surface area contributed by atoms with Gasteiger partial charge in [0.05, 0.1) is 7.11 Å². The van der Waals surface area contributed by atoms with E-state index in [9.17, 15) is 8.42 Å². The molecule has 0 aromatic heterocycles. The van der Waals surface area contributed by atoms with Gasteiger partial charge in [-0.05, 0) is 43.4 Å². The van der Waals surface area contributed by atoms with E-state index in [4.69, 9.17) is 4.74 Å². The van der Waals surface area contributed by atoms with Crippen molar-refractivity contribution < 1.29 is 13.2 Å². The maximum absolute atomic E-state index is 13.0. The number of sulfonamides is 1. The van der Waals surface area contributed by atoms with Gasteiger partial charge in [-0.2, -0.15) is 4.31 Å². The highest BCUT2D eigenvalue weighted by Crippen LogP contribution is 2.35. The molecule has 3 unspecified atom stereocenters. The Hall–Kier alpha value is -0.590. The van der Waals surface area contributed by atoms with Gasteiger partial charge >= 0.3 is 0 Å². The lowest BCUT2D eigenvalue weighted by atomic mass is 9.88. The number of benzene rings is 1. The van der Waals surface area contributed by atoms with Crippen LogP contribution in [0.5, 0.6) is 5.75 Å². The smallest absolute Gasteiger partial charge is 0.247 e. The number of rotatable bonds is 3. The van der Waals surface area contributed by atoms with E-state index in [0.29, 0.717) is 24.1 Å². The summed E-state index contributed by atoms with van der Waals surface area (Å²) in [7, 11) is -2.07. The Bertz CT molecular complexity index is 617. The third kappa shape index (κ3) is 3.27.